The van der Waals surface area contributed by atoms with Crippen molar-refractivity contribution >= 4 is 22.0 Å². The molecular weight excluding hydrogens is 449 g/mol. The summed E-state index contributed by atoms with van der Waals surface area (Å²) in [6.07, 6.45) is 0.775. The normalized spacial score (nSPS) is 14.8. The van der Waals surface area contributed by atoms with E-state index in [-0.39, 0.29) is 12.6 Å². The number of likely N-dealkylation sites (tertiary alicyclic amines) is 1. The Bertz CT molecular complexity index is 1370. The van der Waals surface area contributed by atoms with Gasteiger partial charge in [0.15, 0.2) is 0 Å². The lowest BCUT2D eigenvalue weighted by Gasteiger charge is -2.37. The molecule has 182 valence electrons. The monoisotopic (exact) mass is 479 g/mol. The standard InChI is InChI=1S/C31H30FN3O/c1-2-27(28-9-5-3-8-25(28)19-33)31(30-17-24-7-4-6-10-29(24)34-30)23-11-13-26(14-12-23)36-16-15-35-20-22(18-32)21-35/h3-14,17,22,34H,2,15-16,18,20-21H2,1H3/b31-27+. The summed E-state index contributed by atoms with van der Waals surface area (Å²) in [4.78, 5) is 5.81. The first-order valence-corrected chi connectivity index (χ1v) is 12.5. The van der Waals surface area contributed by atoms with Gasteiger partial charge in [-0.3, -0.25) is 9.29 Å². The first kappa shape index (κ1) is 23.8. The number of rotatable bonds is 9. The minimum Gasteiger partial charge on any atom is -0.492 e. The van der Waals surface area contributed by atoms with Crippen molar-refractivity contribution in [3.63, 3.8) is 0 Å². The van der Waals surface area contributed by atoms with Gasteiger partial charge in [0, 0.05) is 47.7 Å². The number of para-hydroxylation sites is 1. The quantitative estimate of drug-likeness (QED) is 0.272. The third-order valence-electron chi connectivity index (χ3n) is 6.90. The van der Waals surface area contributed by atoms with E-state index >= 15 is 0 Å². The third kappa shape index (κ3) is 4.91. The Balaban J connectivity index is 1.48. The number of aromatic amines is 1. The summed E-state index contributed by atoms with van der Waals surface area (Å²) in [7, 11) is 0. The molecule has 1 aromatic heterocycles. The van der Waals surface area contributed by atoms with Gasteiger partial charge >= 0.3 is 0 Å². The Morgan fingerprint density at radius 2 is 1.81 bits per heavy atom. The summed E-state index contributed by atoms with van der Waals surface area (Å²) in [6, 6.07) is 28.8. The van der Waals surface area contributed by atoms with Crippen LogP contribution in [-0.4, -0.2) is 42.8 Å². The number of alkyl halides is 1. The highest BCUT2D eigenvalue weighted by Crippen LogP contribution is 2.37. The van der Waals surface area contributed by atoms with Crippen LogP contribution >= 0.6 is 0 Å². The van der Waals surface area contributed by atoms with Gasteiger partial charge in [0.2, 0.25) is 0 Å². The van der Waals surface area contributed by atoms with E-state index in [1.54, 1.807) is 0 Å². The van der Waals surface area contributed by atoms with Gasteiger partial charge in [-0.15, -0.1) is 0 Å². The van der Waals surface area contributed by atoms with Crippen molar-refractivity contribution in [2.75, 3.05) is 32.9 Å². The predicted molar refractivity (Wildman–Crippen MR) is 144 cm³/mol. The average molecular weight is 480 g/mol. The minimum atomic E-state index is -0.233. The first-order chi connectivity index (χ1) is 17.7. The highest BCUT2D eigenvalue weighted by Gasteiger charge is 2.25. The highest BCUT2D eigenvalue weighted by atomic mass is 19.1. The van der Waals surface area contributed by atoms with Crippen molar-refractivity contribution in [3.05, 3.63) is 101 Å². The molecule has 1 aliphatic rings. The van der Waals surface area contributed by atoms with E-state index in [2.05, 4.69) is 53.2 Å². The Hall–Kier alpha value is -3.88. The van der Waals surface area contributed by atoms with Crippen LogP contribution in [0.5, 0.6) is 5.75 Å². The van der Waals surface area contributed by atoms with E-state index in [0.29, 0.717) is 12.2 Å². The molecule has 1 saturated heterocycles. The molecule has 2 heterocycles. The number of nitrogens with zero attached hydrogens (tertiary/aromatic N) is 2. The molecule has 1 fully saturated rings. The maximum atomic E-state index is 12.6. The summed E-state index contributed by atoms with van der Waals surface area (Å²) in [5, 5.41) is 10.9. The number of benzene rings is 3. The molecule has 36 heavy (non-hydrogen) atoms. The Labute approximate surface area is 211 Å². The largest absolute Gasteiger partial charge is 0.492 e. The number of aromatic nitrogens is 1. The third-order valence-corrected chi connectivity index (χ3v) is 6.90. The Morgan fingerprint density at radius 1 is 1.06 bits per heavy atom. The summed E-state index contributed by atoms with van der Waals surface area (Å²) in [5.74, 6) is 1.01. The molecule has 0 aliphatic carbocycles. The van der Waals surface area contributed by atoms with Crippen molar-refractivity contribution < 1.29 is 9.13 Å². The Morgan fingerprint density at radius 3 is 2.53 bits per heavy atom. The first-order valence-electron chi connectivity index (χ1n) is 12.5. The second-order valence-corrected chi connectivity index (χ2v) is 9.29. The Kier molecular flexibility index (Phi) is 7.16. The summed E-state index contributed by atoms with van der Waals surface area (Å²) in [5.41, 5.74) is 6.99. The second-order valence-electron chi connectivity index (χ2n) is 9.29. The number of H-pyrrole nitrogens is 1. The van der Waals surface area contributed by atoms with Crippen molar-refractivity contribution in [2.24, 2.45) is 5.92 Å². The molecule has 0 unspecified atom stereocenters. The van der Waals surface area contributed by atoms with Gasteiger partial charge in [-0.1, -0.05) is 55.5 Å². The van der Waals surface area contributed by atoms with Gasteiger partial charge in [0.05, 0.1) is 18.3 Å². The van der Waals surface area contributed by atoms with E-state index in [1.165, 1.54) is 0 Å². The van der Waals surface area contributed by atoms with Gasteiger partial charge in [-0.2, -0.15) is 5.26 Å². The number of allylic oxidation sites excluding steroid dienone is 1. The van der Waals surface area contributed by atoms with Crippen LogP contribution in [0, 0.1) is 17.2 Å². The fourth-order valence-corrected chi connectivity index (χ4v) is 5.01. The number of fused-ring (bicyclic) bond motifs is 1. The fourth-order valence-electron chi connectivity index (χ4n) is 5.01. The molecule has 0 spiro atoms. The lowest BCUT2D eigenvalue weighted by molar-refractivity contribution is 0.0668. The molecule has 5 rings (SSSR count). The van der Waals surface area contributed by atoms with Crippen molar-refractivity contribution in [2.45, 2.75) is 13.3 Å². The van der Waals surface area contributed by atoms with Crippen LogP contribution in [0.2, 0.25) is 0 Å². The van der Waals surface area contributed by atoms with Gasteiger partial charge in [-0.25, -0.2) is 0 Å². The van der Waals surface area contributed by atoms with Crippen LogP contribution in [0.15, 0.2) is 78.9 Å². The molecular formula is C31H30FN3O. The zero-order valence-corrected chi connectivity index (χ0v) is 20.5. The van der Waals surface area contributed by atoms with E-state index in [1.807, 2.05) is 48.5 Å². The molecule has 0 amide bonds. The van der Waals surface area contributed by atoms with E-state index < -0.39 is 0 Å². The lowest BCUT2D eigenvalue weighted by atomic mass is 9.88. The van der Waals surface area contributed by atoms with Crippen LogP contribution < -0.4 is 4.74 Å². The van der Waals surface area contributed by atoms with Crippen molar-refractivity contribution in [3.8, 4) is 11.8 Å². The van der Waals surface area contributed by atoms with E-state index in [9.17, 15) is 9.65 Å². The van der Waals surface area contributed by atoms with Gasteiger partial charge in [-0.05, 0) is 53.5 Å². The predicted octanol–water partition coefficient (Wildman–Crippen LogP) is 6.69. The number of nitriles is 1. The van der Waals surface area contributed by atoms with Gasteiger partial charge < -0.3 is 9.72 Å². The molecule has 0 radical (unpaired) electrons. The number of ether oxygens (including phenoxy) is 1. The topological polar surface area (TPSA) is 52.0 Å². The van der Waals surface area contributed by atoms with Crippen molar-refractivity contribution in [1.29, 1.82) is 5.26 Å². The molecule has 0 atom stereocenters. The maximum Gasteiger partial charge on any atom is 0.119 e. The summed E-state index contributed by atoms with van der Waals surface area (Å²) in [6.45, 7) is 4.93. The zero-order valence-electron chi connectivity index (χ0n) is 20.5. The molecule has 0 bridgehead atoms. The number of halogens is 1. The number of hydrogen-bond acceptors (Lipinski definition) is 3. The van der Waals surface area contributed by atoms with Crippen LogP contribution in [0.25, 0.3) is 22.0 Å². The van der Waals surface area contributed by atoms with Crippen LogP contribution in [-0.2, 0) is 0 Å². The summed E-state index contributed by atoms with van der Waals surface area (Å²) >= 11 is 0. The smallest absolute Gasteiger partial charge is 0.119 e. The van der Waals surface area contributed by atoms with Crippen LogP contribution in [0.3, 0.4) is 0 Å². The molecule has 1 N–H and O–H groups in total. The summed E-state index contributed by atoms with van der Waals surface area (Å²) < 4.78 is 18.6. The van der Waals surface area contributed by atoms with Gasteiger partial charge in [0.1, 0.15) is 12.4 Å². The molecule has 1 aliphatic heterocycles. The van der Waals surface area contributed by atoms with Gasteiger partial charge in [0.25, 0.3) is 0 Å². The number of nitrogens with one attached hydrogen (secondary N) is 1. The van der Waals surface area contributed by atoms with E-state index in [0.717, 1.165) is 70.7 Å². The fraction of sp³-hybridized carbons (Fsp3) is 0.258. The molecule has 3 aromatic carbocycles. The van der Waals surface area contributed by atoms with Crippen LogP contribution in [0.4, 0.5) is 4.39 Å². The molecule has 4 aromatic rings. The van der Waals surface area contributed by atoms with E-state index in [4.69, 9.17) is 4.74 Å². The molecule has 5 heteroatoms. The maximum absolute atomic E-state index is 12.6. The lowest BCUT2D eigenvalue weighted by Crippen LogP contribution is -2.49. The molecule has 4 nitrogen and oxygen atoms in total. The molecule has 0 saturated carbocycles. The number of hydrogen-bond donors (Lipinski definition) is 1. The van der Waals surface area contributed by atoms with Crippen LogP contribution in [0.1, 0.15) is 35.7 Å². The average Bonchev–Trinajstić information content (AvgIpc) is 3.32. The SMILES string of the molecule is CC/C(=C(/c1ccc(OCCN2CC(CF)C2)cc1)c1cc2ccccc2[nH]1)c1ccccc1C#N. The second kappa shape index (κ2) is 10.8. The minimum absolute atomic E-state index is 0.193. The van der Waals surface area contributed by atoms with Crippen molar-refractivity contribution in [1.82, 2.24) is 9.88 Å². The highest BCUT2D eigenvalue weighted by molar-refractivity contribution is 6.01. The zero-order chi connectivity index (χ0) is 24.9.